The molecule has 37 heavy (non-hydrogen) atoms. The Bertz CT molecular complexity index is 1490. The van der Waals surface area contributed by atoms with Gasteiger partial charge in [0.2, 0.25) is 0 Å². The summed E-state index contributed by atoms with van der Waals surface area (Å²) in [6, 6.07) is 21.5. The van der Waals surface area contributed by atoms with Crippen molar-refractivity contribution in [1.29, 1.82) is 5.26 Å². The Balaban J connectivity index is 1.54. The van der Waals surface area contributed by atoms with Crippen molar-refractivity contribution >= 4 is 29.0 Å². The van der Waals surface area contributed by atoms with E-state index in [1.165, 1.54) is 18.2 Å². The summed E-state index contributed by atoms with van der Waals surface area (Å²) in [6.07, 6.45) is 0.550. The van der Waals surface area contributed by atoms with Crippen molar-refractivity contribution in [3.8, 4) is 11.8 Å². The number of benzene rings is 3. The molecule has 4 rings (SSSR count). The molecule has 0 spiro atoms. The van der Waals surface area contributed by atoms with Gasteiger partial charge in [0.1, 0.15) is 23.2 Å². The Kier molecular flexibility index (Phi) is 7.35. The number of aliphatic imine (C=N–C) groups is 1. The molecule has 1 aliphatic heterocycles. The standard InChI is InChI=1S/C27H21N5O5/c1-37-20-11-9-17(10-12-20)13-14-29-27(34)23(16-28)24-21-7-2-3-8-22(21)25(30-24)31-26(33)18-5-4-6-19(15-18)32(35)36/h2-12,15H,13-14H2,1H3,(H,29,34)(H,30,31,33)/b24-23-. The van der Waals surface area contributed by atoms with E-state index in [1.54, 1.807) is 31.4 Å². The first kappa shape index (κ1) is 24.8. The van der Waals surface area contributed by atoms with E-state index in [1.807, 2.05) is 30.3 Å². The molecule has 0 unspecified atom stereocenters. The van der Waals surface area contributed by atoms with Crippen molar-refractivity contribution in [2.75, 3.05) is 13.7 Å². The highest BCUT2D eigenvalue weighted by Gasteiger charge is 2.27. The highest BCUT2D eigenvalue weighted by molar-refractivity contribution is 6.20. The van der Waals surface area contributed by atoms with Gasteiger partial charge >= 0.3 is 0 Å². The minimum atomic E-state index is -0.610. The van der Waals surface area contributed by atoms with Gasteiger partial charge in [0, 0.05) is 35.4 Å². The van der Waals surface area contributed by atoms with Crippen LogP contribution in [0.1, 0.15) is 27.0 Å². The molecule has 0 aromatic heterocycles. The number of hydrogen-bond donors (Lipinski definition) is 2. The number of methoxy groups -OCH3 is 1. The maximum absolute atomic E-state index is 12.9. The monoisotopic (exact) mass is 495 g/mol. The second kappa shape index (κ2) is 11.0. The molecule has 2 N–H and O–H groups in total. The molecule has 1 heterocycles. The number of amidine groups is 1. The van der Waals surface area contributed by atoms with Crippen molar-refractivity contribution in [2.24, 2.45) is 4.99 Å². The summed E-state index contributed by atoms with van der Waals surface area (Å²) >= 11 is 0. The average molecular weight is 495 g/mol. The smallest absolute Gasteiger partial charge is 0.270 e. The molecule has 0 saturated carbocycles. The number of nitrogens with one attached hydrogen (secondary N) is 2. The number of nitrogens with zero attached hydrogens (tertiary/aromatic N) is 3. The van der Waals surface area contributed by atoms with Crippen LogP contribution in [-0.4, -0.2) is 36.2 Å². The molecule has 2 amide bonds. The van der Waals surface area contributed by atoms with Gasteiger partial charge in [-0.05, 0) is 30.2 Å². The van der Waals surface area contributed by atoms with Crippen LogP contribution in [-0.2, 0) is 11.2 Å². The number of nitriles is 1. The fourth-order valence-corrected chi connectivity index (χ4v) is 3.77. The van der Waals surface area contributed by atoms with E-state index in [4.69, 9.17) is 4.74 Å². The largest absolute Gasteiger partial charge is 0.497 e. The Labute approximate surface area is 212 Å². The number of non-ortho nitro benzene ring substituents is 1. The first-order chi connectivity index (χ1) is 17.9. The highest BCUT2D eigenvalue weighted by Crippen LogP contribution is 2.30. The van der Waals surface area contributed by atoms with Crippen LogP contribution in [0.15, 0.2) is 83.4 Å². The summed E-state index contributed by atoms with van der Waals surface area (Å²) in [5, 5.41) is 26.2. The number of nitro groups is 1. The lowest BCUT2D eigenvalue weighted by Gasteiger charge is -2.07. The van der Waals surface area contributed by atoms with Gasteiger partial charge in [0.15, 0.2) is 0 Å². The normalized spacial score (nSPS) is 13.0. The van der Waals surface area contributed by atoms with E-state index in [-0.39, 0.29) is 28.4 Å². The van der Waals surface area contributed by atoms with Crippen molar-refractivity contribution in [2.45, 2.75) is 6.42 Å². The number of amides is 2. The van der Waals surface area contributed by atoms with Crippen molar-refractivity contribution in [1.82, 2.24) is 10.6 Å². The Hall–Kier alpha value is -5.30. The molecule has 0 fully saturated rings. The fraction of sp³-hybridized carbons (Fsp3) is 0.111. The highest BCUT2D eigenvalue weighted by atomic mass is 16.6. The van der Waals surface area contributed by atoms with Crippen LogP contribution in [0, 0.1) is 21.4 Å². The number of rotatable bonds is 7. The summed E-state index contributed by atoms with van der Waals surface area (Å²) in [5.41, 5.74) is 1.82. The minimum absolute atomic E-state index is 0.0728. The predicted octanol–water partition coefficient (Wildman–Crippen LogP) is 3.39. The third-order valence-corrected chi connectivity index (χ3v) is 5.65. The van der Waals surface area contributed by atoms with E-state index < -0.39 is 16.7 Å². The van der Waals surface area contributed by atoms with E-state index >= 15 is 0 Å². The van der Waals surface area contributed by atoms with Crippen LogP contribution in [0.4, 0.5) is 5.69 Å². The fourth-order valence-electron chi connectivity index (χ4n) is 3.77. The maximum atomic E-state index is 12.9. The van der Waals surface area contributed by atoms with Gasteiger partial charge in [0.05, 0.1) is 17.7 Å². The van der Waals surface area contributed by atoms with Gasteiger partial charge in [-0.3, -0.25) is 19.7 Å². The van der Waals surface area contributed by atoms with E-state index in [0.29, 0.717) is 24.1 Å². The van der Waals surface area contributed by atoms with Crippen LogP contribution < -0.4 is 15.4 Å². The molecule has 0 bridgehead atoms. The Morgan fingerprint density at radius 3 is 2.46 bits per heavy atom. The van der Waals surface area contributed by atoms with Crippen molar-refractivity contribution in [3.05, 3.63) is 111 Å². The van der Waals surface area contributed by atoms with Crippen molar-refractivity contribution in [3.63, 3.8) is 0 Å². The van der Waals surface area contributed by atoms with E-state index in [9.17, 15) is 25.0 Å². The molecular weight excluding hydrogens is 474 g/mol. The number of nitro benzene ring substituents is 1. The number of fused-ring (bicyclic) bond motifs is 1. The molecule has 1 aliphatic rings. The summed E-state index contributed by atoms with van der Waals surface area (Å²) < 4.78 is 5.14. The number of ether oxygens (including phenoxy) is 1. The van der Waals surface area contributed by atoms with Crippen LogP contribution in [0.5, 0.6) is 5.75 Å². The molecular formula is C27H21N5O5. The second-order valence-electron chi connectivity index (χ2n) is 7.96. The lowest BCUT2D eigenvalue weighted by Crippen LogP contribution is -2.30. The lowest BCUT2D eigenvalue weighted by atomic mass is 10.0. The van der Waals surface area contributed by atoms with Gasteiger partial charge in [-0.2, -0.15) is 5.26 Å². The zero-order chi connectivity index (χ0) is 26.4. The second-order valence-corrected chi connectivity index (χ2v) is 7.96. The first-order valence-corrected chi connectivity index (χ1v) is 11.2. The molecule has 0 radical (unpaired) electrons. The van der Waals surface area contributed by atoms with Crippen LogP contribution >= 0.6 is 0 Å². The van der Waals surface area contributed by atoms with Crippen LogP contribution in [0.3, 0.4) is 0 Å². The molecule has 0 saturated heterocycles. The SMILES string of the molecule is COc1ccc(CCNC(=O)/C(C#N)=C2\N=C(NC(=O)c3cccc([N+](=O)[O-])c3)c3ccccc32)cc1. The van der Waals surface area contributed by atoms with Crippen molar-refractivity contribution < 1.29 is 19.2 Å². The molecule has 10 nitrogen and oxygen atoms in total. The summed E-state index contributed by atoms with van der Waals surface area (Å²) in [5.74, 6) is -0.326. The van der Waals surface area contributed by atoms with Gasteiger partial charge in [-0.1, -0.05) is 42.5 Å². The average Bonchev–Trinajstić information content (AvgIpc) is 3.27. The van der Waals surface area contributed by atoms with Gasteiger partial charge in [0.25, 0.3) is 17.5 Å². The maximum Gasteiger partial charge on any atom is 0.270 e. The summed E-state index contributed by atoms with van der Waals surface area (Å²) in [4.78, 5) is 40.5. The van der Waals surface area contributed by atoms with Gasteiger partial charge < -0.3 is 15.4 Å². The zero-order valence-corrected chi connectivity index (χ0v) is 19.7. The Morgan fingerprint density at radius 1 is 1.05 bits per heavy atom. The molecule has 0 aliphatic carbocycles. The van der Waals surface area contributed by atoms with E-state index in [2.05, 4.69) is 15.6 Å². The molecule has 3 aromatic carbocycles. The number of hydrogen-bond acceptors (Lipinski definition) is 7. The van der Waals surface area contributed by atoms with Crippen LogP contribution in [0.2, 0.25) is 0 Å². The molecule has 3 aromatic rings. The van der Waals surface area contributed by atoms with E-state index in [0.717, 1.165) is 17.4 Å². The Morgan fingerprint density at radius 2 is 1.78 bits per heavy atom. The third-order valence-electron chi connectivity index (χ3n) is 5.65. The lowest BCUT2D eigenvalue weighted by molar-refractivity contribution is -0.384. The summed E-state index contributed by atoms with van der Waals surface area (Å²) in [6.45, 7) is 0.297. The quantitative estimate of drug-likeness (QED) is 0.222. The van der Waals surface area contributed by atoms with Gasteiger partial charge in [-0.25, -0.2) is 4.99 Å². The number of carbonyl (C=O) groups is 2. The molecule has 0 atom stereocenters. The molecule has 184 valence electrons. The minimum Gasteiger partial charge on any atom is -0.497 e. The predicted molar refractivity (Wildman–Crippen MR) is 136 cm³/mol. The molecule has 10 heteroatoms. The first-order valence-electron chi connectivity index (χ1n) is 11.2. The summed E-state index contributed by atoms with van der Waals surface area (Å²) in [7, 11) is 1.58. The third kappa shape index (κ3) is 5.52. The number of carbonyl (C=O) groups excluding carboxylic acids is 2. The topological polar surface area (TPSA) is 147 Å². The van der Waals surface area contributed by atoms with Gasteiger partial charge in [-0.15, -0.1) is 0 Å². The zero-order valence-electron chi connectivity index (χ0n) is 19.7. The van der Waals surface area contributed by atoms with Crippen LogP contribution in [0.25, 0.3) is 5.70 Å².